The summed E-state index contributed by atoms with van der Waals surface area (Å²) in [6.07, 6.45) is 1.35. The molecule has 1 heterocycles. The number of aromatic nitrogens is 2. The molecular formula is C24H21Cl3N4O2. The smallest absolute Gasteiger partial charge is 0.271 e. The third-order valence-electron chi connectivity index (χ3n) is 7.88. The number of hydrogen-bond donors (Lipinski definition) is 2. The second-order valence-corrected chi connectivity index (χ2v) is 10.6. The van der Waals surface area contributed by atoms with Gasteiger partial charge in [0.05, 0.1) is 43.1 Å². The van der Waals surface area contributed by atoms with Crippen LogP contribution in [0.4, 0.5) is 0 Å². The number of rotatable bonds is 2. The molecular weight excluding hydrogens is 483 g/mol. The minimum Gasteiger partial charge on any atom is -0.272 e. The summed E-state index contributed by atoms with van der Waals surface area (Å²) in [6, 6.07) is 10.0. The van der Waals surface area contributed by atoms with Crippen LogP contribution in [0.5, 0.6) is 0 Å². The van der Waals surface area contributed by atoms with Crippen LogP contribution in [0.25, 0.3) is 11.0 Å². The number of benzene rings is 2. The number of hydrazine groups is 1. The van der Waals surface area contributed by atoms with Gasteiger partial charge in [0, 0.05) is 5.41 Å². The minimum atomic E-state index is -0.974. The van der Waals surface area contributed by atoms with Gasteiger partial charge in [0.2, 0.25) is 0 Å². The maximum atomic E-state index is 13.7. The Labute approximate surface area is 206 Å². The van der Waals surface area contributed by atoms with Crippen LogP contribution >= 0.6 is 34.8 Å². The van der Waals surface area contributed by atoms with Crippen molar-refractivity contribution in [3.63, 3.8) is 0 Å². The highest BCUT2D eigenvalue weighted by Gasteiger charge is 2.73. The number of carbonyl (C=O) groups excluding carboxylic acids is 2. The molecule has 5 rings (SSSR count). The summed E-state index contributed by atoms with van der Waals surface area (Å²) in [4.78, 5) is 36.2. The lowest BCUT2D eigenvalue weighted by molar-refractivity contribution is -0.131. The molecule has 170 valence electrons. The highest BCUT2D eigenvalue weighted by Crippen LogP contribution is 2.70. The van der Waals surface area contributed by atoms with Gasteiger partial charge in [0.25, 0.3) is 11.8 Å². The Bertz CT molecular complexity index is 1360. The number of amides is 2. The first-order valence-corrected chi connectivity index (χ1v) is 11.7. The maximum absolute atomic E-state index is 13.7. The minimum absolute atomic E-state index is 0.275. The van der Waals surface area contributed by atoms with Crippen molar-refractivity contribution in [2.75, 3.05) is 0 Å². The van der Waals surface area contributed by atoms with Crippen molar-refractivity contribution in [1.82, 2.24) is 20.8 Å². The van der Waals surface area contributed by atoms with Gasteiger partial charge >= 0.3 is 0 Å². The molecule has 2 atom stereocenters. The Kier molecular flexibility index (Phi) is 4.95. The molecule has 2 aromatic carbocycles. The van der Waals surface area contributed by atoms with Gasteiger partial charge in [-0.15, -0.1) is 0 Å². The van der Waals surface area contributed by atoms with Gasteiger partial charge in [-0.3, -0.25) is 20.4 Å². The Morgan fingerprint density at radius 2 is 1.45 bits per heavy atom. The topological polar surface area (TPSA) is 84.0 Å². The molecule has 2 bridgehead atoms. The second kappa shape index (κ2) is 7.29. The summed E-state index contributed by atoms with van der Waals surface area (Å²) in [7, 11) is 0. The fourth-order valence-corrected chi connectivity index (χ4v) is 6.07. The molecule has 2 N–H and O–H groups in total. The Morgan fingerprint density at radius 3 is 2.09 bits per heavy atom. The van der Waals surface area contributed by atoms with Gasteiger partial charge in [0.15, 0.2) is 0 Å². The van der Waals surface area contributed by atoms with Crippen molar-refractivity contribution in [1.29, 1.82) is 0 Å². The first-order chi connectivity index (χ1) is 15.5. The Balaban J connectivity index is 1.56. The van der Waals surface area contributed by atoms with Crippen LogP contribution in [0.3, 0.4) is 0 Å². The monoisotopic (exact) mass is 502 g/mol. The van der Waals surface area contributed by atoms with E-state index in [9.17, 15) is 9.59 Å². The van der Waals surface area contributed by atoms with Gasteiger partial charge in [-0.1, -0.05) is 67.7 Å². The van der Waals surface area contributed by atoms with Crippen molar-refractivity contribution < 1.29 is 9.59 Å². The van der Waals surface area contributed by atoms with Crippen molar-refractivity contribution in [3.8, 4) is 0 Å². The molecule has 0 saturated heterocycles. The maximum Gasteiger partial charge on any atom is 0.271 e. The summed E-state index contributed by atoms with van der Waals surface area (Å²) >= 11 is 18.5. The molecule has 2 aliphatic rings. The van der Waals surface area contributed by atoms with E-state index in [0.29, 0.717) is 38.2 Å². The van der Waals surface area contributed by atoms with E-state index >= 15 is 0 Å². The van der Waals surface area contributed by atoms with Crippen LogP contribution in [0.1, 0.15) is 55.4 Å². The molecule has 2 unspecified atom stereocenters. The average Bonchev–Trinajstić information content (AvgIpc) is 3.07. The zero-order valence-corrected chi connectivity index (χ0v) is 20.5. The first-order valence-electron chi connectivity index (χ1n) is 10.6. The molecule has 1 fully saturated rings. The summed E-state index contributed by atoms with van der Waals surface area (Å²) < 4.78 is 0. The number of nitrogens with zero attached hydrogens (tertiary/aromatic N) is 2. The van der Waals surface area contributed by atoms with Crippen LogP contribution in [0.2, 0.25) is 15.1 Å². The standard InChI is InChI=1S/C24H21Cl3N4O2/c1-22(2)23(3)8-9-24(22,21(33)31-30-20(32)12-6-4-5-7-13(12)25)19-18(23)28-16-10-14(26)15(27)11-17(16)29-19/h4-7,10-11H,8-9H2,1-3H3,(H,30,32)(H,31,33). The molecule has 9 heteroatoms. The molecule has 1 saturated carbocycles. The third-order valence-corrected chi connectivity index (χ3v) is 8.93. The quantitative estimate of drug-likeness (QED) is 0.460. The zero-order chi connectivity index (χ0) is 23.8. The van der Waals surface area contributed by atoms with Crippen LogP contribution in [0, 0.1) is 5.41 Å². The van der Waals surface area contributed by atoms with E-state index in [-0.39, 0.29) is 16.9 Å². The second-order valence-electron chi connectivity index (χ2n) is 9.43. The first kappa shape index (κ1) is 22.4. The summed E-state index contributed by atoms with van der Waals surface area (Å²) in [5, 5.41) is 1.08. The normalized spacial score (nSPS) is 24.5. The van der Waals surface area contributed by atoms with Crippen molar-refractivity contribution in [2.45, 2.75) is 44.4 Å². The van der Waals surface area contributed by atoms with Crippen LogP contribution in [0.15, 0.2) is 36.4 Å². The van der Waals surface area contributed by atoms with Crippen molar-refractivity contribution in [2.24, 2.45) is 5.41 Å². The molecule has 6 nitrogen and oxygen atoms in total. The molecule has 33 heavy (non-hydrogen) atoms. The predicted molar refractivity (Wildman–Crippen MR) is 129 cm³/mol. The fraction of sp³-hybridized carbons (Fsp3) is 0.333. The number of nitrogens with one attached hydrogen (secondary N) is 2. The number of halogens is 3. The number of carbonyl (C=O) groups is 2. The lowest BCUT2D eigenvalue weighted by Crippen LogP contribution is -2.55. The van der Waals surface area contributed by atoms with E-state index in [1.54, 1.807) is 36.4 Å². The average molecular weight is 504 g/mol. The van der Waals surface area contributed by atoms with Gasteiger partial charge in [0.1, 0.15) is 5.41 Å². The predicted octanol–water partition coefficient (Wildman–Crippen LogP) is 5.38. The summed E-state index contributed by atoms with van der Waals surface area (Å²) in [5.41, 5.74) is 6.19. The fourth-order valence-electron chi connectivity index (χ4n) is 5.53. The lowest BCUT2D eigenvalue weighted by Gasteiger charge is -2.39. The SMILES string of the molecule is CC12CCC(C(=O)NNC(=O)c3ccccc3Cl)(c3nc4cc(Cl)c(Cl)cc4nc31)C2(C)C. The van der Waals surface area contributed by atoms with Crippen LogP contribution < -0.4 is 10.9 Å². The van der Waals surface area contributed by atoms with E-state index in [1.807, 2.05) is 0 Å². The molecule has 0 spiro atoms. The van der Waals surface area contributed by atoms with Crippen molar-refractivity contribution >= 4 is 57.7 Å². The lowest BCUT2D eigenvalue weighted by atomic mass is 9.63. The Hall–Kier alpha value is -2.41. The number of hydrogen-bond acceptors (Lipinski definition) is 4. The summed E-state index contributed by atoms with van der Waals surface area (Å²) in [5.74, 6) is -0.822. The zero-order valence-electron chi connectivity index (χ0n) is 18.2. The van der Waals surface area contributed by atoms with Gasteiger partial charge in [-0.05, 0) is 42.5 Å². The summed E-state index contributed by atoms with van der Waals surface area (Å²) in [6.45, 7) is 6.24. The van der Waals surface area contributed by atoms with Crippen LogP contribution in [-0.2, 0) is 15.6 Å². The molecule has 2 aliphatic carbocycles. The van der Waals surface area contributed by atoms with E-state index in [0.717, 1.165) is 12.1 Å². The van der Waals surface area contributed by atoms with Crippen molar-refractivity contribution in [3.05, 3.63) is 68.4 Å². The molecule has 3 aromatic rings. The van der Waals surface area contributed by atoms with E-state index in [2.05, 4.69) is 31.6 Å². The van der Waals surface area contributed by atoms with Gasteiger partial charge in [-0.25, -0.2) is 9.97 Å². The third kappa shape index (κ3) is 2.87. The Morgan fingerprint density at radius 1 is 0.848 bits per heavy atom. The number of fused-ring (bicyclic) bond motifs is 6. The highest BCUT2D eigenvalue weighted by atomic mass is 35.5. The molecule has 0 aliphatic heterocycles. The molecule has 2 amide bonds. The van der Waals surface area contributed by atoms with Crippen LogP contribution in [-0.4, -0.2) is 21.8 Å². The van der Waals surface area contributed by atoms with Gasteiger partial charge in [-0.2, -0.15) is 0 Å². The highest BCUT2D eigenvalue weighted by molar-refractivity contribution is 6.42. The van der Waals surface area contributed by atoms with E-state index in [1.165, 1.54) is 0 Å². The van der Waals surface area contributed by atoms with E-state index in [4.69, 9.17) is 44.8 Å². The van der Waals surface area contributed by atoms with Gasteiger partial charge < -0.3 is 0 Å². The van der Waals surface area contributed by atoms with E-state index < -0.39 is 16.7 Å². The largest absolute Gasteiger partial charge is 0.272 e. The molecule has 1 aromatic heterocycles. The molecule has 0 radical (unpaired) electrons.